The van der Waals surface area contributed by atoms with Gasteiger partial charge in [-0.1, -0.05) is 56.3 Å². The van der Waals surface area contributed by atoms with E-state index in [-0.39, 0.29) is 28.8 Å². The van der Waals surface area contributed by atoms with Gasteiger partial charge in [-0.05, 0) is 61.6 Å². The quantitative estimate of drug-likeness (QED) is 0.0430. The second kappa shape index (κ2) is 18.3. The van der Waals surface area contributed by atoms with Gasteiger partial charge in [0, 0.05) is 23.7 Å². The Hall–Kier alpha value is -6.26. The number of benzene rings is 3. The average molecular weight is 746 g/mol. The number of rotatable bonds is 14. The Labute approximate surface area is 300 Å². The van der Waals surface area contributed by atoms with Crippen LogP contribution in [0.25, 0.3) is 0 Å². The van der Waals surface area contributed by atoms with Crippen LogP contribution in [0.4, 0.5) is 27.6 Å². The highest BCUT2D eigenvalue weighted by Gasteiger charge is 2.38. The first kappa shape index (κ1) is 41.2. The summed E-state index contributed by atoms with van der Waals surface area (Å²) in [5, 5.41) is 30.2. The van der Waals surface area contributed by atoms with Crippen LogP contribution in [0.5, 0.6) is 23.3 Å². The molecule has 1 unspecified atom stereocenters. The van der Waals surface area contributed by atoms with Crippen molar-refractivity contribution >= 4 is 29.4 Å². The largest absolute Gasteiger partial charge is 0.490 e. The van der Waals surface area contributed by atoms with Crippen molar-refractivity contribution in [3.63, 3.8) is 0 Å². The van der Waals surface area contributed by atoms with Gasteiger partial charge in [-0.15, -0.1) is 0 Å². The normalized spacial score (nSPS) is 11.5. The van der Waals surface area contributed by atoms with Crippen LogP contribution < -0.4 is 25.8 Å². The number of nitrogens with one attached hydrogen (secondary N) is 3. The third-order valence-electron chi connectivity index (χ3n) is 7.07. The topological polar surface area (TPSA) is 197 Å². The van der Waals surface area contributed by atoms with Gasteiger partial charge in [-0.25, -0.2) is 9.59 Å². The first-order valence-corrected chi connectivity index (χ1v) is 15.8. The number of hydrogen-bond donors (Lipinski definition) is 6. The van der Waals surface area contributed by atoms with Gasteiger partial charge in [0.1, 0.15) is 28.6 Å². The summed E-state index contributed by atoms with van der Waals surface area (Å²) < 4.78 is 74.8. The smallest absolute Gasteiger partial charge is 0.478 e. The zero-order chi connectivity index (χ0) is 39.5. The number of anilines is 1. The number of aromatic nitrogens is 1. The van der Waals surface area contributed by atoms with E-state index in [0.717, 1.165) is 11.6 Å². The summed E-state index contributed by atoms with van der Waals surface area (Å²) in [5.74, 6) is -8.86. The van der Waals surface area contributed by atoms with Crippen LogP contribution >= 0.6 is 0 Å². The molecule has 0 bridgehead atoms. The lowest BCUT2D eigenvalue weighted by molar-refractivity contribution is -0.192. The molecule has 53 heavy (non-hydrogen) atoms. The van der Waals surface area contributed by atoms with Crippen LogP contribution in [0.3, 0.4) is 0 Å². The van der Waals surface area contributed by atoms with Crippen LogP contribution in [-0.2, 0) is 11.2 Å². The molecule has 1 heterocycles. The van der Waals surface area contributed by atoms with Gasteiger partial charge in [0.25, 0.3) is 17.7 Å². The number of amides is 1. The number of aliphatic carboxylic acids is 1. The standard InChI is InChI=1S/C34H35F2N5O5.C2HF3O2/c1-19(2)18-39-31(42)23-14-15-26(25(17-23)34(43)44)46-33-28(36)29(40-20(3)12-13-21-8-5-4-6-9-21)27(35)32(41-33)45-24-11-7-10-22(16-24)30(37)38;3-2(4,5)1(6)7/h4-11,14-17,19-20H,12-13,18H2,1-3H3,(H3,37,38)(H,39,42)(H,40,41)(H,43,44);(H,6,7). The second-order valence-corrected chi connectivity index (χ2v) is 11.9. The molecule has 4 rings (SSSR count). The van der Waals surface area contributed by atoms with Crippen molar-refractivity contribution in [3.8, 4) is 23.3 Å². The van der Waals surface area contributed by atoms with Crippen LogP contribution in [0.1, 0.15) is 59.0 Å². The Bertz CT molecular complexity index is 1940. The molecule has 0 saturated heterocycles. The lowest BCUT2D eigenvalue weighted by atomic mass is 10.1. The number of pyridine rings is 1. The van der Waals surface area contributed by atoms with Gasteiger partial charge < -0.3 is 36.1 Å². The Morgan fingerprint density at radius 2 is 1.51 bits per heavy atom. The van der Waals surface area contributed by atoms with E-state index in [1.807, 2.05) is 44.2 Å². The van der Waals surface area contributed by atoms with Crippen molar-refractivity contribution in [2.75, 3.05) is 11.9 Å². The highest BCUT2D eigenvalue weighted by Crippen LogP contribution is 2.37. The van der Waals surface area contributed by atoms with Crippen molar-refractivity contribution < 1.29 is 56.0 Å². The van der Waals surface area contributed by atoms with Crippen molar-refractivity contribution in [2.24, 2.45) is 11.7 Å². The molecule has 3 aromatic carbocycles. The molecule has 7 N–H and O–H groups in total. The van der Waals surface area contributed by atoms with E-state index in [0.29, 0.717) is 24.9 Å². The molecule has 17 heteroatoms. The van der Waals surface area contributed by atoms with E-state index < -0.39 is 64.7 Å². The van der Waals surface area contributed by atoms with Gasteiger partial charge in [-0.3, -0.25) is 10.2 Å². The maximum Gasteiger partial charge on any atom is 0.490 e. The summed E-state index contributed by atoms with van der Waals surface area (Å²) in [7, 11) is 0. The van der Waals surface area contributed by atoms with Gasteiger partial charge in [-0.2, -0.15) is 26.9 Å². The van der Waals surface area contributed by atoms with Crippen molar-refractivity contribution in [3.05, 3.63) is 107 Å². The molecule has 0 saturated carbocycles. The van der Waals surface area contributed by atoms with Crippen LogP contribution in [-0.4, -0.2) is 57.6 Å². The van der Waals surface area contributed by atoms with Crippen LogP contribution in [0.15, 0.2) is 72.8 Å². The number of nitrogen functional groups attached to an aromatic ring is 1. The molecular formula is C36H36F5N5O7. The first-order chi connectivity index (χ1) is 24.9. The van der Waals surface area contributed by atoms with Crippen molar-refractivity contribution in [2.45, 2.75) is 45.8 Å². The minimum atomic E-state index is -5.08. The predicted octanol–water partition coefficient (Wildman–Crippen LogP) is 7.38. The van der Waals surface area contributed by atoms with Crippen LogP contribution in [0, 0.1) is 23.0 Å². The van der Waals surface area contributed by atoms with Gasteiger partial charge >= 0.3 is 18.1 Å². The maximum absolute atomic E-state index is 15.9. The number of aryl methyl sites for hydroxylation is 1. The summed E-state index contributed by atoms with van der Waals surface area (Å²) in [4.78, 5) is 37.5. The minimum absolute atomic E-state index is 0.0573. The number of ether oxygens (including phenoxy) is 2. The lowest BCUT2D eigenvalue weighted by Crippen LogP contribution is -2.27. The number of carbonyl (C=O) groups excluding carboxylic acids is 1. The second-order valence-electron chi connectivity index (χ2n) is 11.9. The number of carboxylic acid groups (broad SMARTS) is 2. The number of nitrogens with zero attached hydrogens (tertiary/aromatic N) is 1. The highest BCUT2D eigenvalue weighted by atomic mass is 19.4. The Morgan fingerprint density at radius 3 is 2.08 bits per heavy atom. The van der Waals surface area contributed by atoms with Gasteiger partial charge in [0.05, 0.1) is 0 Å². The van der Waals surface area contributed by atoms with Gasteiger partial charge in [0.2, 0.25) is 11.6 Å². The molecule has 0 radical (unpaired) electrons. The number of nitrogens with two attached hydrogens (primary N) is 1. The Morgan fingerprint density at radius 1 is 0.887 bits per heavy atom. The van der Waals surface area contributed by atoms with E-state index >= 15 is 8.78 Å². The van der Waals surface area contributed by atoms with E-state index in [2.05, 4.69) is 15.6 Å². The predicted molar refractivity (Wildman–Crippen MR) is 184 cm³/mol. The summed E-state index contributed by atoms with van der Waals surface area (Å²) in [6.45, 7) is 5.96. The third kappa shape index (κ3) is 12.2. The number of halogens is 5. The van der Waals surface area contributed by atoms with E-state index in [9.17, 15) is 27.9 Å². The highest BCUT2D eigenvalue weighted by molar-refractivity contribution is 5.99. The minimum Gasteiger partial charge on any atom is -0.478 e. The average Bonchev–Trinajstić information content (AvgIpc) is 3.10. The van der Waals surface area contributed by atoms with E-state index in [1.165, 1.54) is 30.3 Å². The fourth-order valence-corrected chi connectivity index (χ4v) is 4.38. The van der Waals surface area contributed by atoms with E-state index in [4.69, 9.17) is 30.5 Å². The first-order valence-electron chi connectivity index (χ1n) is 15.8. The molecule has 0 aliphatic heterocycles. The molecule has 12 nitrogen and oxygen atoms in total. The SMILES string of the molecule is CC(C)CNC(=O)c1ccc(Oc2nc(Oc3cccc(C(=N)N)c3)c(F)c(NC(C)CCc3ccccc3)c2F)c(C(=O)O)c1.O=C(O)C(F)(F)F. The molecule has 1 aromatic heterocycles. The number of carbonyl (C=O) groups is 3. The molecule has 0 fully saturated rings. The summed E-state index contributed by atoms with van der Waals surface area (Å²) in [6.07, 6.45) is -3.94. The molecule has 0 aliphatic carbocycles. The summed E-state index contributed by atoms with van der Waals surface area (Å²) >= 11 is 0. The number of alkyl halides is 3. The molecule has 0 aliphatic rings. The Kier molecular flexibility index (Phi) is 14.2. The molecule has 1 amide bonds. The number of aromatic carboxylic acids is 1. The molecule has 0 spiro atoms. The molecule has 1 atom stereocenters. The summed E-state index contributed by atoms with van der Waals surface area (Å²) in [6, 6.07) is 18.8. The van der Waals surface area contributed by atoms with Gasteiger partial charge in [0.15, 0.2) is 0 Å². The number of amidine groups is 1. The Balaban J connectivity index is 0.000000980. The molecule has 282 valence electrons. The maximum atomic E-state index is 15.9. The fourth-order valence-electron chi connectivity index (χ4n) is 4.38. The zero-order valence-electron chi connectivity index (χ0n) is 28.6. The van der Waals surface area contributed by atoms with Crippen molar-refractivity contribution in [1.82, 2.24) is 10.3 Å². The van der Waals surface area contributed by atoms with E-state index in [1.54, 1.807) is 13.0 Å². The number of hydrogen-bond acceptors (Lipinski definition) is 8. The molecular weight excluding hydrogens is 709 g/mol. The summed E-state index contributed by atoms with van der Waals surface area (Å²) in [5.41, 5.74) is 5.94. The number of carboxylic acids is 2. The van der Waals surface area contributed by atoms with Crippen LogP contribution in [0.2, 0.25) is 0 Å². The van der Waals surface area contributed by atoms with Crippen molar-refractivity contribution in [1.29, 1.82) is 5.41 Å². The molecule has 4 aromatic rings. The zero-order valence-corrected chi connectivity index (χ0v) is 28.6. The fraction of sp³-hybridized carbons (Fsp3) is 0.250. The third-order valence-corrected chi connectivity index (χ3v) is 7.07. The lowest BCUT2D eigenvalue weighted by Gasteiger charge is -2.19. The monoisotopic (exact) mass is 745 g/mol.